The van der Waals surface area contributed by atoms with E-state index in [0.29, 0.717) is 25.7 Å². The van der Waals surface area contributed by atoms with Crippen LogP contribution < -0.4 is 0 Å². The summed E-state index contributed by atoms with van der Waals surface area (Å²) in [6.45, 7) is 1.82. The van der Waals surface area contributed by atoms with Crippen LogP contribution in [-0.2, 0) is 19.1 Å². The summed E-state index contributed by atoms with van der Waals surface area (Å²) in [4.78, 5) is 24.8. The molecule has 1 unspecified atom stereocenters. The SMILES string of the molecule is [2H]C([2H])([2H])C([2H])([2H])[C@]([2H])(C)C(=O)O[C@H]1C[C@@H](C)C=C2C=C[C@H](C)[C@H](CCC3C[C@@H](O)CC(=O)O3)[C@H]21. The minimum absolute atomic E-state index is 0.000122. The third kappa shape index (κ3) is 5.30. The number of hydrogen-bond acceptors (Lipinski definition) is 5. The summed E-state index contributed by atoms with van der Waals surface area (Å²) in [6.07, 6.45) is 3.42. The molecule has 0 bridgehead atoms. The van der Waals surface area contributed by atoms with Crippen LogP contribution in [0.2, 0.25) is 0 Å². The maximum Gasteiger partial charge on any atom is 0.308 e. The van der Waals surface area contributed by atoms with Gasteiger partial charge in [-0.25, -0.2) is 0 Å². The van der Waals surface area contributed by atoms with Gasteiger partial charge in [0, 0.05) is 20.6 Å². The number of hydrogen-bond donors (Lipinski definition) is 1. The molecule has 5 nitrogen and oxygen atoms in total. The Hall–Kier alpha value is -1.62. The Bertz CT molecular complexity index is 880. The largest absolute Gasteiger partial charge is 0.462 e. The van der Waals surface area contributed by atoms with Crippen LogP contribution in [-0.4, -0.2) is 35.4 Å². The molecular formula is C24H36O5. The molecule has 162 valence electrons. The van der Waals surface area contributed by atoms with Gasteiger partial charge in [-0.3, -0.25) is 9.59 Å². The van der Waals surface area contributed by atoms with Crippen LogP contribution in [0.25, 0.3) is 0 Å². The number of carbonyl (C=O) groups excluding carboxylic acids is 2. The van der Waals surface area contributed by atoms with E-state index in [-0.39, 0.29) is 36.2 Å². The molecule has 1 aliphatic heterocycles. The van der Waals surface area contributed by atoms with Crippen LogP contribution >= 0.6 is 0 Å². The van der Waals surface area contributed by atoms with Gasteiger partial charge in [0.05, 0.1) is 18.4 Å². The summed E-state index contributed by atoms with van der Waals surface area (Å²) >= 11 is 0. The Kier molecular flexibility index (Phi) is 4.97. The Morgan fingerprint density at radius 2 is 2.24 bits per heavy atom. The Balaban J connectivity index is 1.81. The van der Waals surface area contributed by atoms with Crippen molar-refractivity contribution in [2.24, 2.45) is 29.6 Å². The molecule has 0 spiro atoms. The molecule has 0 amide bonds. The first kappa shape index (κ1) is 15.2. The van der Waals surface area contributed by atoms with E-state index in [1.54, 1.807) is 0 Å². The van der Waals surface area contributed by atoms with Gasteiger partial charge in [-0.1, -0.05) is 45.9 Å². The van der Waals surface area contributed by atoms with Gasteiger partial charge < -0.3 is 14.6 Å². The normalized spacial score (nSPS) is 43.0. The molecule has 1 N–H and O–H groups in total. The van der Waals surface area contributed by atoms with E-state index in [1.807, 2.05) is 13.0 Å². The van der Waals surface area contributed by atoms with Crippen molar-refractivity contribution in [3.05, 3.63) is 23.8 Å². The highest BCUT2D eigenvalue weighted by molar-refractivity contribution is 5.72. The Morgan fingerprint density at radius 1 is 1.45 bits per heavy atom. The van der Waals surface area contributed by atoms with Gasteiger partial charge in [0.1, 0.15) is 12.2 Å². The molecule has 0 aromatic carbocycles. The average molecular weight is 411 g/mol. The number of aliphatic hydroxyl groups excluding tert-OH is 1. The maximum absolute atomic E-state index is 13.1. The smallest absolute Gasteiger partial charge is 0.308 e. The summed E-state index contributed by atoms with van der Waals surface area (Å²) in [5, 5.41) is 9.93. The number of fused-ring (bicyclic) bond motifs is 1. The molecule has 1 fully saturated rings. The standard InChI is InChI=1S/C24H36O5/c1-5-15(3)24(27)29-21-11-14(2)10-17-7-6-16(4)20(23(17)21)9-8-19-12-18(25)13-22(26)28-19/h6-7,10,14-16,18-21,23,25H,5,8-9,11-13H2,1-4H3/t14-,15-,16-,18+,19?,20-,21-,23-/m0/s1/i1D3,5D2,15D. The molecule has 2 aliphatic carbocycles. The zero-order valence-electron chi connectivity index (χ0n) is 23.4. The number of allylic oxidation sites excluding steroid dienone is 3. The second-order valence-electron chi connectivity index (χ2n) is 8.76. The van der Waals surface area contributed by atoms with Gasteiger partial charge in [-0.2, -0.15) is 0 Å². The molecule has 0 aromatic rings. The predicted molar refractivity (Wildman–Crippen MR) is 111 cm³/mol. The monoisotopic (exact) mass is 410 g/mol. The van der Waals surface area contributed by atoms with Crippen LogP contribution in [0.5, 0.6) is 0 Å². The van der Waals surface area contributed by atoms with Gasteiger partial charge in [0.15, 0.2) is 0 Å². The van der Waals surface area contributed by atoms with Crippen molar-refractivity contribution in [2.45, 2.75) is 84.4 Å². The lowest BCUT2D eigenvalue weighted by Gasteiger charge is -2.43. The summed E-state index contributed by atoms with van der Waals surface area (Å²) in [5.74, 6) is -4.24. The topological polar surface area (TPSA) is 72.8 Å². The van der Waals surface area contributed by atoms with E-state index in [0.717, 1.165) is 12.5 Å². The lowest BCUT2D eigenvalue weighted by molar-refractivity contribution is -0.162. The maximum atomic E-state index is 13.1. The van der Waals surface area contributed by atoms with Gasteiger partial charge in [-0.05, 0) is 49.0 Å². The first-order valence-electron chi connectivity index (χ1n) is 13.5. The Labute approximate surface area is 183 Å². The van der Waals surface area contributed by atoms with Crippen LogP contribution in [0, 0.1) is 29.6 Å². The molecule has 0 aromatic heterocycles. The van der Waals surface area contributed by atoms with E-state index >= 15 is 0 Å². The Morgan fingerprint density at radius 3 is 2.97 bits per heavy atom. The zero-order chi connectivity index (χ0) is 26.3. The molecule has 1 saturated heterocycles. The summed E-state index contributed by atoms with van der Waals surface area (Å²) in [5.41, 5.74) is 0.996. The second kappa shape index (κ2) is 9.46. The molecule has 29 heavy (non-hydrogen) atoms. The minimum atomic E-state index is -3.17. The van der Waals surface area contributed by atoms with Crippen LogP contribution in [0.4, 0.5) is 0 Å². The highest BCUT2D eigenvalue weighted by Crippen LogP contribution is 2.45. The zero-order valence-corrected chi connectivity index (χ0v) is 17.4. The fraction of sp³-hybridized carbons (Fsp3) is 0.750. The van der Waals surface area contributed by atoms with Crippen LogP contribution in [0.1, 0.15) is 74.3 Å². The lowest BCUT2D eigenvalue weighted by atomic mass is 9.65. The number of carbonyl (C=O) groups is 2. The van der Waals surface area contributed by atoms with Crippen LogP contribution in [0.15, 0.2) is 23.8 Å². The van der Waals surface area contributed by atoms with Crippen molar-refractivity contribution in [2.75, 3.05) is 0 Å². The van der Waals surface area contributed by atoms with E-state index in [1.165, 1.54) is 0 Å². The fourth-order valence-electron chi connectivity index (χ4n) is 4.91. The van der Waals surface area contributed by atoms with Crippen molar-refractivity contribution >= 4 is 11.9 Å². The molecule has 0 saturated carbocycles. The number of esters is 2. The molecule has 0 radical (unpaired) electrons. The van der Waals surface area contributed by atoms with Gasteiger partial charge in [0.25, 0.3) is 0 Å². The highest BCUT2D eigenvalue weighted by Gasteiger charge is 2.42. The summed E-state index contributed by atoms with van der Waals surface area (Å²) in [7, 11) is 0. The van der Waals surface area contributed by atoms with Crippen molar-refractivity contribution < 1.29 is 32.4 Å². The van der Waals surface area contributed by atoms with Crippen molar-refractivity contribution in [3.63, 3.8) is 0 Å². The average Bonchev–Trinajstić information content (AvgIpc) is 2.71. The van der Waals surface area contributed by atoms with Crippen molar-refractivity contribution in [1.29, 1.82) is 0 Å². The van der Waals surface area contributed by atoms with E-state index in [2.05, 4.69) is 19.1 Å². The predicted octanol–water partition coefficient (Wildman–Crippen LogP) is 4.20. The highest BCUT2D eigenvalue weighted by atomic mass is 16.5. The summed E-state index contributed by atoms with van der Waals surface area (Å²) in [6, 6.07) is 0. The van der Waals surface area contributed by atoms with E-state index in [9.17, 15) is 14.7 Å². The first-order chi connectivity index (χ1) is 16.0. The lowest BCUT2D eigenvalue weighted by Crippen LogP contribution is -2.42. The number of aliphatic hydroxyl groups is 1. The van der Waals surface area contributed by atoms with Gasteiger partial charge in [0.2, 0.25) is 0 Å². The molecule has 8 atom stereocenters. The molecule has 1 heterocycles. The van der Waals surface area contributed by atoms with Crippen LogP contribution in [0.3, 0.4) is 0 Å². The third-order valence-corrected chi connectivity index (χ3v) is 6.40. The van der Waals surface area contributed by atoms with Gasteiger partial charge in [-0.15, -0.1) is 0 Å². The first-order valence-corrected chi connectivity index (χ1v) is 10.5. The van der Waals surface area contributed by atoms with E-state index < -0.39 is 43.3 Å². The number of rotatable bonds is 6. The van der Waals surface area contributed by atoms with Crippen molar-refractivity contribution in [1.82, 2.24) is 0 Å². The summed E-state index contributed by atoms with van der Waals surface area (Å²) < 4.78 is 57.9. The molecule has 5 heteroatoms. The van der Waals surface area contributed by atoms with Crippen molar-refractivity contribution in [3.8, 4) is 0 Å². The number of ether oxygens (including phenoxy) is 2. The quantitative estimate of drug-likeness (QED) is 0.665. The van der Waals surface area contributed by atoms with Gasteiger partial charge >= 0.3 is 11.9 Å². The fourth-order valence-corrected chi connectivity index (χ4v) is 4.91. The second-order valence-corrected chi connectivity index (χ2v) is 8.76. The molecule has 3 rings (SSSR count). The van der Waals surface area contributed by atoms with E-state index in [4.69, 9.17) is 17.7 Å². The number of cyclic esters (lactones) is 1. The third-order valence-electron chi connectivity index (χ3n) is 6.40. The molecule has 3 aliphatic rings. The molecular weight excluding hydrogens is 368 g/mol. The minimum Gasteiger partial charge on any atom is -0.462 e.